The number of carbonyl (C=O) groups is 1. The fourth-order valence-corrected chi connectivity index (χ4v) is 1.43. The number of rotatable bonds is 1. The lowest BCUT2D eigenvalue weighted by molar-refractivity contribution is 0.0635. The van der Waals surface area contributed by atoms with E-state index in [1.807, 2.05) is 6.07 Å². The van der Waals surface area contributed by atoms with Crippen molar-refractivity contribution < 1.29 is 9.53 Å². The van der Waals surface area contributed by atoms with Crippen molar-refractivity contribution in [3.63, 3.8) is 0 Å². The second-order valence-electron chi connectivity index (χ2n) is 4.26. The maximum absolute atomic E-state index is 11.5. The van der Waals surface area contributed by atoms with Gasteiger partial charge in [0.05, 0.1) is 0 Å². The van der Waals surface area contributed by atoms with E-state index in [0.29, 0.717) is 4.47 Å². The van der Waals surface area contributed by atoms with Crippen LogP contribution in [0, 0.1) is 11.3 Å². The Kier molecular flexibility index (Phi) is 4.07. The average Bonchev–Trinajstić information content (AvgIpc) is 2.14. The van der Waals surface area contributed by atoms with Crippen molar-refractivity contribution in [3.05, 3.63) is 22.3 Å². The zero-order valence-electron chi connectivity index (χ0n) is 9.74. The first kappa shape index (κ1) is 13.5. The van der Waals surface area contributed by atoms with Gasteiger partial charge >= 0.3 is 6.09 Å². The summed E-state index contributed by atoms with van der Waals surface area (Å²) in [5.74, 6) is 0.177. The molecule has 1 N–H and O–H groups in total. The van der Waals surface area contributed by atoms with Crippen LogP contribution in [0.3, 0.4) is 0 Å². The minimum absolute atomic E-state index is 0.177. The van der Waals surface area contributed by atoms with Gasteiger partial charge < -0.3 is 4.74 Å². The third-order valence-electron chi connectivity index (χ3n) is 1.63. The molecular formula is C11H12BrN3O2. The van der Waals surface area contributed by atoms with Gasteiger partial charge in [-0.15, -0.1) is 0 Å². The Labute approximate surface area is 108 Å². The van der Waals surface area contributed by atoms with E-state index in [-0.39, 0.29) is 11.4 Å². The molecule has 17 heavy (non-hydrogen) atoms. The standard InChI is InChI=1S/C11H12BrN3O2/c1-11(2,3)17-10(16)15-9-7(6-13)8(12)4-5-14-9/h4-5H,1-3H3,(H,14,15,16). The predicted molar refractivity (Wildman–Crippen MR) is 66.5 cm³/mol. The van der Waals surface area contributed by atoms with Gasteiger partial charge in [0.25, 0.3) is 0 Å². The molecule has 0 bridgehead atoms. The largest absolute Gasteiger partial charge is 0.444 e. The Morgan fingerprint density at radius 1 is 1.59 bits per heavy atom. The molecule has 0 aliphatic carbocycles. The topological polar surface area (TPSA) is 75.0 Å². The number of ether oxygens (including phenoxy) is 1. The molecule has 0 aromatic carbocycles. The zero-order chi connectivity index (χ0) is 13.1. The summed E-state index contributed by atoms with van der Waals surface area (Å²) >= 11 is 3.20. The number of amides is 1. The Morgan fingerprint density at radius 3 is 2.76 bits per heavy atom. The Hall–Kier alpha value is -1.61. The maximum Gasteiger partial charge on any atom is 0.413 e. The van der Waals surface area contributed by atoms with E-state index in [2.05, 4.69) is 26.2 Å². The SMILES string of the molecule is CC(C)(C)OC(=O)Nc1nccc(Br)c1C#N. The molecule has 0 spiro atoms. The van der Waals surface area contributed by atoms with Gasteiger partial charge in [0, 0.05) is 10.7 Å². The van der Waals surface area contributed by atoms with Gasteiger partial charge in [0.1, 0.15) is 17.2 Å². The van der Waals surface area contributed by atoms with E-state index in [1.165, 1.54) is 6.20 Å². The van der Waals surface area contributed by atoms with Crippen LogP contribution in [0.4, 0.5) is 10.6 Å². The van der Waals surface area contributed by atoms with Crippen molar-refractivity contribution in [1.82, 2.24) is 4.98 Å². The molecule has 0 saturated heterocycles. The van der Waals surface area contributed by atoms with Gasteiger partial charge in [-0.1, -0.05) is 0 Å². The van der Waals surface area contributed by atoms with E-state index in [1.54, 1.807) is 26.8 Å². The minimum Gasteiger partial charge on any atom is -0.444 e. The van der Waals surface area contributed by atoms with Crippen molar-refractivity contribution in [2.75, 3.05) is 5.32 Å². The van der Waals surface area contributed by atoms with Crippen molar-refractivity contribution in [1.29, 1.82) is 5.26 Å². The third-order valence-corrected chi connectivity index (χ3v) is 2.29. The van der Waals surface area contributed by atoms with Crippen LogP contribution >= 0.6 is 15.9 Å². The predicted octanol–water partition coefficient (Wildman–Crippen LogP) is 3.06. The van der Waals surface area contributed by atoms with E-state index < -0.39 is 11.7 Å². The molecule has 0 fully saturated rings. The van der Waals surface area contributed by atoms with Gasteiger partial charge in [-0.05, 0) is 42.8 Å². The molecular weight excluding hydrogens is 286 g/mol. The lowest BCUT2D eigenvalue weighted by atomic mass is 10.2. The summed E-state index contributed by atoms with van der Waals surface area (Å²) in [6.45, 7) is 5.27. The number of aromatic nitrogens is 1. The zero-order valence-corrected chi connectivity index (χ0v) is 11.3. The molecule has 0 aliphatic heterocycles. The number of nitrogens with zero attached hydrogens (tertiary/aromatic N) is 2. The van der Waals surface area contributed by atoms with Crippen LogP contribution in [-0.4, -0.2) is 16.7 Å². The molecule has 90 valence electrons. The van der Waals surface area contributed by atoms with Gasteiger partial charge in [-0.3, -0.25) is 5.32 Å². The first-order chi connectivity index (χ1) is 7.83. The fourth-order valence-electron chi connectivity index (χ4n) is 1.04. The van der Waals surface area contributed by atoms with E-state index >= 15 is 0 Å². The highest BCUT2D eigenvalue weighted by Crippen LogP contribution is 2.21. The minimum atomic E-state index is -0.639. The summed E-state index contributed by atoms with van der Waals surface area (Å²) < 4.78 is 5.64. The van der Waals surface area contributed by atoms with Crippen LogP contribution in [-0.2, 0) is 4.74 Å². The number of hydrogen-bond donors (Lipinski definition) is 1. The van der Waals surface area contributed by atoms with Crippen LogP contribution in [0.15, 0.2) is 16.7 Å². The normalized spacial score (nSPS) is 10.5. The van der Waals surface area contributed by atoms with Crippen LogP contribution in [0.2, 0.25) is 0 Å². The smallest absolute Gasteiger partial charge is 0.413 e. The van der Waals surface area contributed by atoms with Crippen molar-refractivity contribution in [3.8, 4) is 6.07 Å². The molecule has 0 aliphatic rings. The lowest BCUT2D eigenvalue weighted by Crippen LogP contribution is -2.27. The van der Waals surface area contributed by atoms with E-state index in [0.717, 1.165) is 0 Å². The molecule has 6 heteroatoms. The summed E-state index contributed by atoms with van der Waals surface area (Å²) in [4.78, 5) is 15.4. The Bertz CT molecular complexity index is 475. The number of anilines is 1. The van der Waals surface area contributed by atoms with Gasteiger partial charge in [-0.2, -0.15) is 5.26 Å². The number of nitrogens with one attached hydrogen (secondary N) is 1. The quantitative estimate of drug-likeness (QED) is 0.864. The molecule has 5 nitrogen and oxygen atoms in total. The van der Waals surface area contributed by atoms with E-state index in [4.69, 9.17) is 10.00 Å². The van der Waals surface area contributed by atoms with Crippen molar-refractivity contribution in [2.45, 2.75) is 26.4 Å². The highest BCUT2D eigenvalue weighted by atomic mass is 79.9. The molecule has 0 unspecified atom stereocenters. The average molecular weight is 298 g/mol. The molecule has 1 aromatic heterocycles. The summed E-state index contributed by atoms with van der Waals surface area (Å²) in [6.07, 6.45) is 0.844. The number of halogens is 1. The monoisotopic (exact) mass is 297 g/mol. The Morgan fingerprint density at radius 2 is 2.24 bits per heavy atom. The first-order valence-electron chi connectivity index (χ1n) is 4.88. The van der Waals surface area contributed by atoms with Crippen LogP contribution in [0.25, 0.3) is 0 Å². The maximum atomic E-state index is 11.5. The fraction of sp³-hybridized carbons (Fsp3) is 0.364. The van der Waals surface area contributed by atoms with E-state index in [9.17, 15) is 4.79 Å². The van der Waals surface area contributed by atoms with Gasteiger partial charge in [0.15, 0.2) is 5.82 Å². The highest BCUT2D eigenvalue weighted by molar-refractivity contribution is 9.10. The van der Waals surface area contributed by atoms with Crippen LogP contribution < -0.4 is 5.32 Å². The van der Waals surface area contributed by atoms with Gasteiger partial charge in [0.2, 0.25) is 0 Å². The van der Waals surface area contributed by atoms with Gasteiger partial charge in [-0.25, -0.2) is 9.78 Å². The molecule has 0 radical (unpaired) electrons. The molecule has 1 rings (SSSR count). The summed E-state index contributed by atoms with van der Waals surface area (Å²) in [5.41, 5.74) is -0.332. The molecule has 0 atom stereocenters. The molecule has 1 heterocycles. The number of nitriles is 1. The first-order valence-corrected chi connectivity index (χ1v) is 5.67. The van der Waals surface area contributed by atoms with Crippen molar-refractivity contribution >= 4 is 27.8 Å². The number of hydrogen-bond acceptors (Lipinski definition) is 4. The Balaban J connectivity index is 2.87. The number of pyridine rings is 1. The van der Waals surface area contributed by atoms with Crippen molar-refractivity contribution in [2.24, 2.45) is 0 Å². The van der Waals surface area contributed by atoms with Crippen LogP contribution in [0.1, 0.15) is 26.3 Å². The summed E-state index contributed by atoms with van der Waals surface area (Å²) in [5, 5.41) is 11.4. The second-order valence-corrected chi connectivity index (χ2v) is 5.11. The second kappa shape index (κ2) is 5.15. The molecule has 1 amide bonds. The summed E-state index contributed by atoms with van der Waals surface area (Å²) in [6, 6.07) is 3.58. The highest BCUT2D eigenvalue weighted by Gasteiger charge is 2.18. The summed E-state index contributed by atoms with van der Waals surface area (Å²) in [7, 11) is 0. The molecule has 1 aromatic rings. The van der Waals surface area contributed by atoms with Crippen LogP contribution in [0.5, 0.6) is 0 Å². The molecule has 0 saturated carbocycles. The third kappa shape index (κ3) is 4.04. The lowest BCUT2D eigenvalue weighted by Gasteiger charge is -2.19. The number of carbonyl (C=O) groups excluding carboxylic acids is 1.